The van der Waals surface area contributed by atoms with Crippen LogP contribution in [-0.4, -0.2) is 80.3 Å². The summed E-state index contributed by atoms with van der Waals surface area (Å²) in [6.07, 6.45) is 2.54. The van der Waals surface area contributed by atoms with Crippen molar-refractivity contribution in [3.63, 3.8) is 0 Å². The maximum atomic E-state index is 12.8. The van der Waals surface area contributed by atoms with Gasteiger partial charge in [-0.25, -0.2) is 0 Å². The van der Waals surface area contributed by atoms with E-state index in [9.17, 15) is 9.59 Å². The second-order valence-electron chi connectivity index (χ2n) is 6.62. The summed E-state index contributed by atoms with van der Waals surface area (Å²) in [7, 11) is 0. The largest absolute Gasteiger partial charge is 0.378 e. The van der Waals surface area contributed by atoms with Gasteiger partial charge < -0.3 is 14.5 Å². The molecule has 0 saturated carbocycles. The zero-order valence-electron chi connectivity index (χ0n) is 14.8. The number of carbonyl (C=O) groups is 2. The molecule has 2 fully saturated rings. The van der Waals surface area contributed by atoms with Crippen molar-refractivity contribution >= 4 is 28.1 Å². The monoisotopic (exact) mass is 378 g/mol. The molecule has 0 aromatic carbocycles. The number of aromatic nitrogens is 4. The van der Waals surface area contributed by atoms with Gasteiger partial charge in [0, 0.05) is 32.5 Å². The Morgan fingerprint density at radius 2 is 2.04 bits per heavy atom. The van der Waals surface area contributed by atoms with Crippen LogP contribution >= 0.6 is 11.3 Å². The van der Waals surface area contributed by atoms with E-state index >= 15 is 0 Å². The number of hydrogen-bond donors (Lipinski definition) is 0. The first-order valence-electron chi connectivity index (χ1n) is 8.97. The molecule has 0 aliphatic carbocycles. The van der Waals surface area contributed by atoms with E-state index in [2.05, 4.69) is 15.3 Å². The highest BCUT2D eigenvalue weighted by atomic mass is 32.1. The average molecular weight is 378 g/mol. The van der Waals surface area contributed by atoms with Gasteiger partial charge in [0.15, 0.2) is 5.82 Å². The second kappa shape index (κ2) is 7.28. The number of likely N-dealkylation sites (tertiary alicyclic amines) is 1. The van der Waals surface area contributed by atoms with Crippen LogP contribution in [0.25, 0.3) is 4.96 Å². The van der Waals surface area contributed by atoms with E-state index in [0.29, 0.717) is 45.7 Å². The van der Waals surface area contributed by atoms with Crippen molar-refractivity contribution in [3.05, 3.63) is 10.8 Å². The lowest BCUT2D eigenvalue weighted by Gasteiger charge is -2.32. The number of morpholine rings is 1. The standard InChI is InChI=1S/C16H22N6O3S/c1-11-17-18-16-22(11)19-13(26-16)4-5-14(23)21-6-2-3-12(21)15(24)20-7-9-25-10-8-20/h12H,2-10H2,1H3. The summed E-state index contributed by atoms with van der Waals surface area (Å²) >= 11 is 1.45. The topological polar surface area (TPSA) is 92.9 Å². The van der Waals surface area contributed by atoms with E-state index in [1.807, 2.05) is 11.8 Å². The Morgan fingerprint density at radius 1 is 1.23 bits per heavy atom. The fourth-order valence-corrected chi connectivity index (χ4v) is 4.41. The molecule has 9 nitrogen and oxygen atoms in total. The van der Waals surface area contributed by atoms with E-state index < -0.39 is 0 Å². The van der Waals surface area contributed by atoms with Gasteiger partial charge in [-0.05, 0) is 19.8 Å². The van der Waals surface area contributed by atoms with Crippen LogP contribution in [0.5, 0.6) is 0 Å². The number of amides is 2. The van der Waals surface area contributed by atoms with Crippen molar-refractivity contribution in [1.82, 2.24) is 29.6 Å². The number of ether oxygens (including phenoxy) is 1. The molecule has 0 spiro atoms. The molecule has 2 aromatic heterocycles. The van der Waals surface area contributed by atoms with Crippen molar-refractivity contribution < 1.29 is 14.3 Å². The van der Waals surface area contributed by atoms with Crippen LogP contribution in [0.4, 0.5) is 0 Å². The van der Waals surface area contributed by atoms with E-state index in [0.717, 1.165) is 28.6 Å². The van der Waals surface area contributed by atoms with Gasteiger partial charge in [0.05, 0.1) is 13.2 Å². The predicted octanol–water partition coefficient (Wildman–Crippen LogP) is 0.277. The highest BCUT2D eigenvalue weighted by Crippen LogP contribution is 2.22. The SMILES string of the molecule is Cc1nnc2sc(CCC(=O)N3CCCC3C(=O)N3CCOCC3)nn12. The minimum absolute atomic E-state index is 0.0248. The summed E-state index contributed by atoms with van der Waals surface area (Å²) in [6.45, 7) is 4.89. The first kappa shape index (κ1) is 17.3. The average Bonchev–Trinajstić information content (AvgIpc) is 3.37. The molecule has 26 heavy (non-hydrogen) atoms. The molecule has 2 aromatic rings. The van der Waals surface area contributed by atoms with E-state index in [-0.39, 0.29) is 17.9 Å². The van der Waals surface area contributed by atoms with Crippen LogP contribution in [0, 0.1) is 6.92 Å². The molecule has 0 bridgehead atoms. The minimum atomic E-state index is -0.319. The highest BCUT2D eigenvalue weighted by molar-refractivity contribution is 7.16. The zero-order valence-corrected chi connectivity index (χ0v) is 15.6. The third kappa shape index (κ3) is 3.30. The third-order valence-electron chi connectivity index (χ3n) is 4.92. The molecule has 0 N–H and O–H groups in total. The van der Waals surface area contributed by atoms with Crippen LogP contribution in [0.3, 0.4) is 0 Å². The van der Waals surface area contributed by atoms with Crippen LogP contribution in [-0.2, 0) is 20.7 Å². The number of hydrogen-bond acceptors (Lipinski definition) is 7. The maximum absolute atomic E-state index is 12.8. The van der Waals surface area contributed by atoms with Crippen molar-refractivity contribution in [2.45, 2.75) is 38.6 Å². The van der Waals surface area contributed by atoms with Gasteiger partial charge in [0.25, 0.3) is 0 Å². The Balaban J connectivity index is 1.37. The molecule has 10 heteroatoms. The third-order valence-corrected chi connectivity index (χ3v) is 5.88. The van der Waals surface area contributed by atoms with Gasteiger partial charge in [-0.3, -0.25) is 9.59 Å². The second-order valence-corrected chi connectivity index (χ2v) is 7.66. The fraction of sp³-hybridized carbons (Fsp3) is 0.688. The lowest BCUT2D eigenvalue weighted by Crippen LogP contribution is -2.51. The van der Waals surface area contributed by atoms with Crippen LogP contribution in [0.1, 0.15) is 30.1 Å². The molecule has 4 rings (SSSR count). The lowest BCUT2D eigenvalue weighted by atomic mass is 10.1. The zero-order chi connectivity index (χ0) is 18.1. The number of carbonyl (C=O) groups excluding carboxylic acids is 2. The van der Waals surface area contributed by atoms with Crippen molar-refractivity contribution in [1.29, 1.82) is 0 Å². The number of fused-ring (bicyclic) bond motifs is 1. The number of aryl methyl sites for hydroxylation is 2. The first-order chi connectivity index (χ1) is 12.6. The molecule has 4 heterocycles. The molecule has 0 radical (unpaired) electrons. The van der Waals surface area contributed by atoms with Gasteiger partial charge in [0.1, 0.15) is 11.0 Å². The lowest BCUT2D eigenvalue weighted by molar-refractivity contribution is -0.146. The van der Waals surface area contributed by atoms with Crippen molar-refractivity contribution in [2.75, 3.05) is 32.8 Å². The molecule has 2 aliphatic heterocycles. The van der Waals surface area contributed by atoms with Crippen molar-refractivity contribution in [2.24, 2.45) is 0 Å². The summed E-state index contributed by atoms with van der Waals surface area (Å²) in [5.74, 6) is 0.829. The molecule has 2 aliphatic rings. The van der Waals surface area contributed by atoms with Crippen LogP contribution in [0.2, 0.25) is 0 Å². The molecule has 2 saturated heterocycles. The fourth-order valence-electron chi connectivity index (χ4n) is 3.53. The van der Waals surface area contributed by atoms with Crippen LogP contribution < -0.4 is 0 Å². The maximum Gasteiger partial charge on any atom is 0.245 e. The molecule has 140 valence electrons. The number of rotatable bonds is 4. The van der Waals surface area contributed by atoms with Gasteiger partial charge in [-0.1, -0.05) is 11.3 Å². The van der Waals surface area contributed by atoms with Gasteiger partial charge >= 0.3 is 0 Å². The summed E-state index contributed by atoms with van der Waals surface area (Å²) in [4.78, 5) is 29.8. The summed E-state index contributed by atoms with van der Waals surface area (Å²) in [6, 6.07) is -0.319. The molecule has 1 unspecified atom stereocenters. The van der Waals surface area contributed by atoms with E-state index in [1.165, 1.54) is 11.3 Å². The highest BCUT2D eigenvalue weighted by Gasteiger charge is 2.36. The van der Waals surface area contributed by atoms with E-state index in [4.69, 9.17) is 4.74 Å². The quantitative estimate of drug-likeness (QED) is 0.759. The Morgan fingerprint density at radius 3 is 2.81 bits per heavy atom. The normalized spacial score (nSPS) is 20.9. The molecular formula is C16H22N6O3S. The Labute approximate surface area is 154 Å². The predicted molar refractivity (Wildman–Crippen MR) is 93.9 cm³/mol. The smallest absolute Gasteiger partial charge is 0.245 e. The van der Waals surface area contributed by atoms with E-state index in [1.54, 1.807) is 9.42 Å². The Hall–Kier alpha value is -2.07. The Kier molecular flexibility index (Phi) is 4.86. The molecule has 1 atom stereocenters. The van der Waals surface area contributed by atoms with Gasteiger partial charge in [-0.15, -0.1) is 10.2 Å². The van der Waals surface area contributed by atoms with Gasteiger partial charge in [-0.2, -0.15) is 9.61 Å². The Bertz CT molecular complexity index is 812. The molecular weight excluding hydrogens is 356 g/mol. The first-order valence-corrected chi connectivity index (χ1v) is 9.79. The summed E-state index contributed by atoms with van der Waals surface area (Å²) < 4.78 is 7.01. The van der Waals surface area contributed by atoms with Crippen LogP contribution in [0.15, 0.2) is 0 Å². The summed E-state index contributed by atoms with van der Waals surface area (Å²) in [5, 5.41) is 13.3. The van der Waals surface area contributed by atoms with Gasteiger partial charge in [0.2, 0.25) is 16.8 Å². The minimum Gasteiger partial charge on any atom is -0.378 e. The number of nitrogens with zero attached hydrogens (tertiary/aromatic N) is 6. The van der Waals surface area contributed by atoms with Crippen molar-refractivity contribution in [3.8, 4) is 0 Å². The molecule has 2 amide bonds. The summed E-state index contributed by atoms with van der Waals surface area (Å²) in [5.41, 5.74) is 0.